The number of benzene rings is 9. The zero-order valence-electron chi connectivity index (χ0n) is 36.2. The van der Waals surface area contributed by atoms with Crippen LogP contribution in [0.1, 0.15) is 19.4 Å². The van der Waals surface area contributed by atoms with Crippen LogP contribution >= 0.6 is 8.07 Å². The van der Waals surface area contributed by atoms with Crippen LogP contribution in [0.15, 0.2) is 265 Å². The van der Waals surface area contributed by atoms with Gasteiger partial charge in [0.15, 0.2) is 0 Å². The summed E-state index contributed by atoms with van der Waals surface area (Å²) in [5.74, 6) is 0.369. The van der Waals surface area contributed by atoms with Gasteiger partial charge in [-0.2, -0.15) is 0 Å². The summed E-state index contributed by atoms with van der Waals surface area (Å²) in [5.41, 5.74) is 27.5. The molecule has 4 nitrogen and oxygen atoms in total. The van der Waals surface area contributed by atoms with E-state index in [-0.39, 0.29) is 0 Å². The number of rotatable bonds is 12. The van der Waals surface area contributed by atoms with Gasteiger partial charge < -0.3 is 11.5 Å². The molecule has 0 radical (unpaired) electrons. The van der Waals surface area contributed by atoms with Gasteiger partial charge in [0.2, 0.25) is 0 Å². The Labute approximate surface area is 379 Å². The molecule has 0 bridgehead atoms. The van der Waals surface area contributed by atoms with Gasteiger partial charge in [-0.3, -0.25) is 4.90 Å². The van der Waals surface area contributed by atoms with E-state index in [0.717, 1.165) is 60.9 Å². The lowest BCUT2D eigenvalue weighted by atomic mass is 9.98. The van der Waals surface area contributed by atoms with Gasteiger partial charge in [0, 0.05) is 27.5 Å². The van der Waals surface area contributed by atoms with Crippen LogP contribution in [0, 0.1) is 0 Å². The fourth-order valence-corrected chi connectivity index (χ4v) is 9.56. The number of allylic oxidation sites excluding steroid dienone is 1. The second-order valence-electron chi connectivity index (χ2n) is 14.9. The standard InChI is InChI=1S/C57H45N4P.C2H6/c58-55(56(44-24-10-3-11-25-44)60-62(53-34-12-4-13-35-53)54-36-14-5-15-37-54)57(59)61(51-32-18-30-49(40-51)47-28-16-26-45(38-47)42-20-6-1-7-21-42)52-33-19-31-50(41-52)48-29-17-27-46(39-48)43-22-8-2-9-23-43;1-2/h1-41H,58-59H2;1-2H3/b57-55-,60-56-;. The lowest BCUT2D eigenvalue weighted by Gasteiger charge is -2.28. The number of hydrogen-bond donors (Lipinski definition) is 2. The minimum atomic E-state index is -1.22. The Kier molecular flexibility index (Phi) is 14.0. The van der Waals surface area contributed by atoms with Gasteiger partial charge in [-0.15, -0.1) is 0 Å². The van der Waals surface area contributed by atoms with E-state index in [1.807, 2.05) is 68.4 Å². The number of nitrogens with two attached hydrogens (primary N) is 2. The maximum absolute atomic E-state index is 7.50. The lowest BCUT2D eigenvalue weighted by molar-refractivity contribution is 1.09. The van der Waals surface area contributed by atoms with Crippen LogP contribution in [0.5, 0.6) is 0 Å². The minimum Gasteiger partial charge on any atom is -0.394 e. The molecule has 0 aliphatic heterocycles. The third kappa shape index (κ3) is 9.95. The lowest BCUT2D eigenvalue weighted by Crippen LogP contribution is -2.30. The zero-order chi connectivity index (χ0) is 44.1. The first-order chi connectivity index (χ1) is 31.6. The van der Waals surface area contributed by atoms with Crippen LogP contribution in [0.25, 0.3) is 44.5 Å². The Morgan fingerprint density at radius 3 is 1.08 bits per heavy atom. The van der Waals surface area contributed by atoms with Crippen LogP contribution < -0.4 is 27.0 Å². The second-order valence-corrected chi connectivity index (χ2v) is 16.8. The fraction of sp³-hybridized carbons (Fsp3) is 0.0339. The molecule has 0 amide bonds. The van der Waals surface area contributed by atoms with Crippen molar-refractivity contribution in [3.63, 3.8) is 0 Å². The van der Waals surface area contributed by atoms with Crippen molar-refractivity contribution in [1.29, 1.82) is 0 Å². The molecule has 0 saturated carbocycles. The highest BCUT2D eigenvalue weighted by molar-refractivity contribution is 7.72. The van der Waals surface area contributed by atoms with E-state index in [4.69, 9.17) is 16.2 Å². The molecule has 0 aliphatic rings. The zero-order valence-corrected chi connectivity index (χ0v) is 37.1. The van der Waals surface area contributed by atoms with E-state index >= 15 is 0 Å². The summed E-state index contributed by atoms with van der Waals surface area (Å²) in [4.78, 5) is 2.07. The van der Waals surface area contributed by atoms with Gasteiger partial charge in [0.1, 0.15) is 5.82 Å². The molecule has 64 heavy (non-hydrogen) atoms. The maximum Gasteiger partial charge on any atom is 0.134 e. The van der Waals surface area contributed by atoms with Crippen LogP contribution in [0.3, 0.4) is 0 Å². The Hall–Kier alpha value is -7.78. The topological polar surface area (TPSA) is 67.6 Å². The summed E-state index contributed by atoms with van der Waals surface area (Å²) in [6, 6.07) is 86.2. The molecule has 312 valence electrons. The van der Waals surface area contributed by atoms with Gasteiger partial charge >= 0.3 is 0 Å². The predicted octanol–water partition coefficient (Wildman–Crippen LogP) is 14.1. The van der Waals surface area contributed by atoms with E-state index in [1.54, 1.807) is 0 Å². The van der Waals surface area contributed by atoms with Crippen molar-refractivity contribution in [2.45, 2.75) is 13.8 Å². The predicted molar refractivity (Wildman–Crippen MR) is 276 cm³/mol. The van der Waals surface area contributed by atoms with Crippen LogP contribution in [0.2, 0.25) is 0 Å². The first-order valence-corrected chi connectivity index (χ1v) is 23.0. The molecule has 4 N–H and O–H groups in total. The van der Waals surface area contributed by atoms with E-state index in [1.165, 1.54) is 11.1 Å². The molecule has 0 spiro atoms. The van der Waals surface area contributed by atoms with Crippen molar-refractivity contribution in [1.82, 2.24) is 0 Å². The average molecular weight is 847 g/mol. The number of anilines is 2. The molecule has 9 rings (SSSR count). The normalized spacial score (nSPS) is 11.6. The molecule has 0 heterocycles. The van der Waals surface area contributed by atoms with Crippen molar-refractivity contribution >= 4 is 35.8 Å². The molecule has 0 aromatic heterocycles. The maximum atomic E-state index is 7.50. The highest BCUT2D eigenvalue weighted by Crippen LogP contribution is 2.39. The molecule has 9 aromatic rings. The molecule has 5 heteroatoms. The molecule has 0 fully saturated rings. The van der Waals surface area contributed by atoms with Crippen LogP contribution in [0.4, 0.5) is 11.4 Å². The molecular weight excluding hydrogens is 796 g/mol. The number of hydrogen-bond acceptors (Lipinski definition) is 4. The summed E-state index contributed by atoms with van der Waals surface area (Å²) >= 11 is 0. The van der Waals surface area contributed by atoms with Gasteiger partial charge in [0.25, 0.3) is 0 Å². The highest BCUT2D eigenvalue weighted by atomic mass is 31.1. The van der Waals surface area contributed by atoms with Crippen molar-refractivity contribution in [3.8, 4) is 44.5 Å². The Morgan fingerprint density at radius 2 is 0.672 bits per heavy atom. The van der Waals surface area contributed by atoms with Gasteiger partial charge in [-0.05, 0) is 80.9 Å². The van der Waals surface area contributed by atoms with E-state index in [0.29, 0.717) is 17.2 Å². The van der Waals surface area contributed by atoms with Crippen LogP contribution in [-0.2, 0) is 0 Å². The summed E-state index contributed by atoms with van der Waals surface area (Å²) < 4.78 is 5.58. The number of nitrogens with zero attached hydrogens (tertiary/aromatic N) is 2. The van der Waals surface area contributed by atoms with Crippen molar-refractivity contribution in [3.05, 3.63) is 266 Å². The molecule has 0 aliphatic carbocycles. The van der Waals surface area contributed by atoms with Crippen molar-refractivity contribution in [2.75, 3.05) is 4.90 Å². The summed E-state index contributed by atoms with van der Waals surface area (Å²) in [6.07, 6.45) is 0. The summed E-state index contributed by atoms with van der Waals surface area (Å²) in [5, 5.41) is 2.22. The van der Waals surface area contributed by atoms with Crippen LogP contribution in [-0.4, -0.2) is 5.71 Å². The third-order valence-corrected chi connectivity index (χ3v) is 12.8. The molecule has 0 atom stereocenters. The molecule has 9 aromatic carbocycles. The Morgan fingerprint density at radius 1 is 0.359 bits per heavy atom. The molecule has 0 unspecified atom stereocenters. The second kappa shape index (κ2) is 20.9. The van der Waals surface area contributed by atoms with Gasteiger partial charge in [-0.1, -0.05) is 226 Å². The first kappa shape index (κ1) is 42.9. The molecular formula is C59H51N4P. The van der Waals surface area contributed by atoms with E-state index in [9.17, 15) is 0 Å². The average Bonchev–Trinajstić information content (AvgIpc) is 3.39. The first-order valence-electron chi connectivity index (χ1n) is 21.7. The SMILES string of the molecule is CC.NC(/C(=N\P(c1ccccc1)c1ccccc1)c1ccccc1)=C(/N)N(c1cccc(-c2cccc(-c3ccccc3)c2)c1)c1cccc(-c2cccc(-c3ccccc3)c2)c1. The Balaban J connectivity index is 0.00000276. The highest BCUT2D eigenvalue weighted by Gasteiger charge is 2.23. The summed E-state index contributed by atoms with van der Waals surface area (Å²) in [7, 11) is -1.22. The fourth-order valence-electron chi connectivity index (χ4n) is 7.70. The molecule has 0 saturated heterocycles. The Bertz CT molecular complexity index is 2800. The smallest absolute Gasteiger partial charge is 0.134 e. The van der Waals surface area contributed by atoms with Crippen molar-refractivity contribution in [2.24, 2.45) is 16.2 Å². The van der Waals surface area contributed by atoms with E-state index in [2.05, 4.69) is 199 Å². The summed E-state index contributed by atoms with van der Waals surface area (Å²) in [6.45, 7) is 4.00. The van der Waals surface area contributed by atoms with E-state index < -0.39 is 8.07 Å². The van der Waals surface area contributed by atoms with Gasteiger partial charge in [0.05, 0.1) is 19.5 Å². The quantitative estimate of drug-likeness (QED) is 0.0951. The monoisotopic (exact) mass is 846 g/mol. The third-order valence-electron chi connectivity index (χ3n) is 10.8. The largest absolute Gasteiger partial charge is 0.394 e. The van der Waals surface area contributed by atoms with Gasteiger partial charge in [-0.25, -0.2) is 4.76 Å². The minimum absolute atomic E-state index is 0.369. The van der Waals surface area contributed by atoms with Crippen molar-refractivity contribution < 1.29 is 0 Å².